The molecular formula is C27H28N4O2S4. The highest BCUT2D eigenvalue weighted by Crippen LogP contribution is 2.41. The third-order valence-corrected chi connectivity index (χ3v) is 12.1. The number of hydrogen-bond acceptors (Lipinski definition) is 8. The number of anilines is 1. The first kappa shape index (κ1) is 25.1. The molecule has 0 spiro atoms. The topological polar surface area (TPSA) is 84.0 Å². The highest BCUT2D eigenvalue weighted by Gasteiger charge is 2.26. The molecule has 1 aliphatic carbocycles. The standard InChI is InChI=1S/C27H28N4O2S4/c32-37(33,25-13-12-23(35-25)21-6-3-4-15-28-21)29-17-18-8-10-19(11-9-18)30-27-31-26-20-5-1-2-7-22(20)34-16-14-24(26)36-27/h1-7,12-13,15,18-19,29H,8-11,14,16-17H2,(H,30,31). The molecule has 10 heteroatoms. The van der Waals surface area contributed by atoms with Gasteiger partial charge >= 0.3 is 0 Å². The maximum Gasteiger partial charge on any atom is 0.250 e. The molecule has 0 amide bonds. The van der Waals surface area contributed by atoms with Gasteiger partial charge < -0.3 is 5.32 Å². The maximum atomic E-state index is 12.9. The number of nitrogens with zero attached hydrogens (tertiary/aromatic N) is 2. The molecule has 2 aliphatic rings. The summed E-state index contributed by atoms with van der Waals surface area (Å²) in [6.45, 7) is 0.478. The maximum absolute atomic E-state index is 12.9. The van der Waals surface area contributed by atoms with E-state index >= 15 is 0 Å². The number of sulfonamides is 1. The lowest BCUT2D eigenvalue weighted by molar-refractivity contribution is 0.337. The average Bonchev–Trinajstić information content (AvgIpc) is 3.54. The highest BCUT2D eigenvalue weighted by molar-refractivity contribution is 7.99. The molecule has 0 bridgehead atoms. The molecule has 37 heavy (non-hydrogen) atoms. The van der Waals surface area contributed by atoms with Gasteiger partial charge in [0.25, 0.3) is 0 Å². The largest absolute Gasteiger partial charge is 0.359 e. The van der Waals surface area contributed by atoms with E-state index in [1.165, 1.54) is 26.7 Å². The van der Waals surface area contributed by atoms with Crippen LogP contribution in [0, 0.1) is 5.92 Å². The van der Waals surface area contributed by atoms with Crippen LogP contribution in [0.3, 0.4) is 0 Å². The van der Waals surface area contributed by atoms with Crippen molar-refractivity contribution in [1.29, 1.82) is 0 Å². The molecule has 4 aromatic rings. The third-order valence-electron chi connectivity index (χ3n) is 6.93. The lowest BCUT2D eigenvalue weighted by atomic mass is 9.86. The van der Waals surface area contributed by atoms with E-state index in [0.29, 0.717) is 22.7 Å². The van der Waals surface area contributed by atoms with Gasteiger partial charge in [-0.2, -0.15) is 0 Å². The van der Waals surface area contributed by atoms with Crippen molar-refractivity contribution < 1.29 is 8.42 Å². The molecule has 192 valence electrons. The minimum absolute atomic E-state index is 0.340. The van der Waals surface area contributed by atoms with Crippen molar-refractivity contribution in [2.45, 2.75) is 47.3 Å². The van der Waals surface area contributed by atoms with Crippen LogP contribution in [0.15, 0.2) is 69.9 Å². The third kappa shape index (κ3) is 5.63. The van der Waals surface area contributed by atoms with Crippen molar-refractivity contribution in [3.05, 3.63) is 65.7 Å². The van der Waals surface area contributed by atoms with Gasteiger partial charge in [0, 0.05) is 39.9 Å². The van der Waals surface area contributed by atoms with Crippen molar-refractivity contribution in [1.82, 2.24) is 14.7 Å². The number of benzene rings is 1. The van der Waals surface area contributed by atoms with Crippen LogP contribution in [-0.4, -0.2) is 36.7 Å². The second-order valence-electron chi connectivity index (χ2n) is 9.43. The number of aryl methyl sites for hydroxylation is 1. The summed E-state index contributed by atoms with van der Waals surface area (Å²) in [7, 11) is -3.52. The van der Waals surface area contributed by atoms with E-state index in [9.17, 15) is 8.42 Å². The zero-order chi connectivity index (χ0) is 25.2. The van der Waals surface area contributed by atoms with Gasteiger partial charge in [0.2, 0.25) is 10.0 Å². The molecule has 4 heterocycles. The Morgan fingerprint density at radius 1 is 0.946 bits per heavy atom. The Balaban J connectivity index is 1.03. The first-order chi connectivity index (χ1) is 18.0. The fourth-order valence-corrected chi connectivity index (χ4v) is 9.58. The van der Waals surface area contributed by atoms with Crippen LogP contribution in [0.4, 0.5) is 5.13 Å². The quantitative estimate of drug-likeness (QED) is 0.264. The summed E-state index contributed by atoms with van der Waals surface area (Å²) in [6.07, 6.45) is 6.80. The van der Waals surface area contributed by atoms with Crippen molar-refractivity contribution in [2.75, 3.05) is 17.6 Å². The summed E-state index contributed by atoms with van der Waals surface area (Å²) in [5, 5.41) is 4.70. The fourth-order valence-electron chi connectivity index (χ4n) is 4.93. The van der Waals surface area contributed by atoms with Gasteiger partial charge in [-0.15, -0.1) is 34.4 Å². The molecule has 6 nitrogen and oxygen atoms in total. The molecular weight excluding hydrogens is 541 g/mol. The predicted octanol–water partition coefficient (Wildman–Crippen LogP) is 6.53. The van der Waals surface area contributed by atoms with Gasteiger partial charge in [0.05, 0.1) is 16.3 Å². The summed E-state index contributed by atoms with van der Waals surface area (Å²) >= 11 is 4.96. The minimum Gasteiger partial charge on any atom is -0.359 e. The Morgan fingerprint density at radius 3 is 2.62 bits per heavy atom. The lowest BCUT2D eigenvalue weighted by Crippen LogP contribution is -2.33. The number of thiophene rings is 1. The molecule has 2 N–H and O–H groups in total. The van der Waals surface area contributed by atoms with Gasteiger partial charge in [-0.1, -0.05) is 24.3 Å². The molecule has 6 rings (SSSR count). The van der Waals surface area contributed by atoms with Gasteiger partial charge in [0.15, 0.2) is 5.13 Å². The summed E-state index contributed by atoms with van der Waals surface area (Å²) in [4.78, 5) is 12.8. The van der Waals surface area contributed by atoms with E-state index in [1.807, 2.05) is 36.0 Å². The molecule has 0 unspecified atom stereocenters. The van der Waals surface area contributed by atoms with Gasteiger partial charge in [-0.25, -0.2) is 18.1 Å². The number of rotatable bonds is 7. The Bertz CT molecular complexity index is 1480. The van der Waals surface area contributed by atoms with Crippen LogP contribution in [-0.2, 0) is 16.4 Å². The Hall–Kier alpha value is -2.24. The Labute approximate surface area is 230 Å². The van der Waals surface area contributed by atoms with Crippen LogP contribution in [0.1, 0.15) is 30.6 Å². The lowest BCUT2D eigenvalue weighted by Gasteiger charge is -2.29. The van der Waals surface area contributed by atoms with Crippen molar-refractivity contribution in [3.8, 4) is 21.8 Å². The molecule has 1 saturated carbocycles. The first-order valence-electron chi connectivity index (χ1n) is 12.5. The van der Waals surface area contributed by atoms with Crippen molar-refractivity contribution in [2.24, 2.45) is 5.92 Å². The second kappa shape index (κ2) is 10.9. The van der Waals surface area contributed by atoms with E-state index in [1.54, 1.807) is 23.6 Å². The Morgan fingerprint density at radius 2 is 1.78 bits per heavy atom. The van der Waals surface area contributed by atoms with Crippen molar-refractivity contribution >= 4 is 49.6 Å². The minimum atomic E-state index is -3.52. The van der Waals surface area contributed by atoms with E-state index in [4.69, 9.17) is 4.98 Å². The summed E-state index contributed by atoms with van der Waals surface area (Å²) in [5.41, 5.74) is 3.17. The number of hydrogen-bond donors (Lipinski definition) is 2. The van der Waals surface area contributed by atoms with Gasteiger partial charge in [-0.05, 0) is 68.4 Å². The van der Waals surface area contributed by atoms with E-state index in [0.717, 1.165) is 59.3 Å². The van der Waals surface area contributed by atoms with E-state index in [-0.39, 0.29) is 0 Å². The number of thioether (sulfide) groups is 1. The molecule has 0 atom stereocenters. The number of pyridine rings is 1. The van der Waals surface area contributed by atoms with Gasteiger partial charge in [-0.3, -0.25) is 4.98 Å². The molecule has 0 radical (unpaired) electrons. The number of thiazole rings is 1. The van der Waals surface area contributed by atoms with Crippen LogP contribution in [0.2, 0.25) is 0 Å². The van der Waals surface area contributed by atoms with Crippen LogP contribution < -0.4 is 10.0 Å². The SMILES string of the molecule is O=S(=O)(NCC1CCC(Nc2nc3c(s2)CCSc2ccccc2-3)CC1)c1ccc(-c2ccccn2)s1. The molecule has 0 saturated heterocycles. The average molecular weight is 569 g/mol. The predicted molar refractivity (Wildman–Crippen MR) is 154 cm³/mol. The highest BCUT2D eigenvalue weighted by atomic mass is 32.2. The molecule has 1 aromatic carbocycles. The summed E-state index contributed by atoms with van der Waals surface area (Å²) in [6, 6.07) is 18.1. The van der Waals surface area contributed by atoms with Crippen molar-refractivity contribution in [3.63, 3.8) is 0 Å². The zero-order valence-electron chi connectivity index (χ0n) is 20.2. The van der Waals surface area contributed by atoms with Gasteiger partial charge in [0.1, 0.15) is 4.21 Å². The van der Waals surface area contributed by atoms with Crippen LogP contribution in [0.25, 0.3) is 21.8 Å². The monoisotopic (exact) mass is 568 g/mol. The number of nitrogens with one attached hydrogen (secondary N) is 2. The Kier molecular flexibility index (Phi) is 7.36. The summed E-state index contributed by atoms with van der Waals surface area (Å²) < 4.78 is 29.0. The van der Waals surface area contributed by atoms with E-state index in [2.05, 4.69) is 39.3 Å². The fraction of sp³-hybridized carbons (Fsp3) is 0.333. The molecule has 1 aliphatic heterocycles. The molecule has 1 fully saturated rings. The zero-order valence-corrected chi connectivity index (χ0v) is 23.5. The first-order valence-corrected chi connectivity index (χ1v) is 16.6. The number of aromatic nitrogens is 2. The normalized spacial score (nSPS) is 19.6. The smallest absolute Gasteiger partial charge is 0.250 e. The van der Waals surface area contributed by atoms with E-state index < -0.39 is 10.0 Å². The second-order valence-corrected chi connectivity index (χ2v) is 14.7. The molecule has 3 aromatic heterocycles. The summed E-state index contributed by atoms with van der Waals surface area (Å²) in [5.74, 6) is 1.43. The number of fused-ring (bicyclic) bond motifs is 3. The van der Waals surface area contributed by atoms with Crippen LogP contribution in [0.5, 0.6) is 0 Å². The van der Waals surface area contributed by atoms with Crippen LogP contribution >= 0.6 is 34.4 Å².